The van der Waals surface area contributed by atoms with Crippen LogP contribution in [0.25, 0.3) is 17.1 Å². The lowest BCUT2D eigenvalue weighted by molar-refractivity contribution is 0.102. The van der Waals surface area contributed by atoms with Gasteiger partial charge in [-0.2, -0.15) is 0 Å². The van der Waals surface area contributed by atoms with Gasteiger partial charge in [0, 0.05) is 53.3 Å². The van der Waals surface area contributed by atoms with Crippen LogP contribution < -0.4 is 5.32 Å². The average Bonchev–Trinajstić information content (AvgIpc) is 3.45. The summed E-state index contributed by atoms with van der Waals surface area (Å²) in [5, 5.41) is 2.99. The van der Waals surface area contributed by atoms with Gasteiger partial charge in [-0.3, -0.25) is 4.79 Å². The first kappa shape index (κ1) is 17.5. The molecule has 1 aliphatic heterocycles. The molecular weight excluding hydrogens is 360 g/mol. The number of carbonyl (C=O) groups excluding carboxylic acids is 1. The van der Waals surface area contributed by atoms with Crippen molar-refractivity contribution in [3.05, 3.63) is 90.5 Å². The number of nitrogens with zero attached hydrogens (tertiary/aromatic N) is 3. The van der Waals surface area contributed by atoms with Crippen LogP contribution in [0.1, 0.15) is 28.9 Å². The molecule has 4 aromatic rings. The summed E-state index contributed by atoms with van der Waals surface area (Å²) in [7, 11) is 0. The number of anilines is 1. The molecule has 5 rings (SSSR count). The third-order valence-corrected chi connectivity index (χ3v) is 5.41. The predicted octanol–water partition coefficient (Wildman–Crippen LogP) is 4.93. The Balaban J connectivity index is 1.33. The molecule has 3 heterocycles. The second kappa shape index (κ2) is 7.43. The second-order valence-electron chi connectivity index (χ2n) is 7.35. The van der Waals surface area contributed by atoms with E-state index in [9.17, 15) is 4.79 Å². The molecule has 2 aromatic heterocycles. The number of carbonyl (C=O) groups is 1. The van der Waals surface area contributed by atoms with Gasteiger partial charge in [-0.05, 0) is 73.9 Å². The number of rotatable bonds is 4. The molecule has 29 heavy (non-hydrogen) atoms. The number of imidazole rings is 1. The molecule has 1 N–H and O–H groups in total. The van der Waals surface area contributed by atoms with Crippen LogP contribution >= 0.6 is 0 Å². The number of benzene rings is 2. The molecule has 1 aliphatic rings. The number of aryl methyl sites for hydroxylation is 1. The number of hydrogen-bond donors (Lipinski definition) is 1. The van der Waals surface area contributed by atoms with Gasteiger partial charge in [0.25, 0.3) is 5.91 Å². The van der Waals surface area contributed by atoms with E-state index < -0.39 is 0 Å². The summed E-state index contributed by atoms with van der Waals surface area (Å²) in [6, 6.07) is 19.4. The second-order valence-corrected chi connectivity index (χ2v) is 7.35. The van der Waals surface area contributed by atoms with Crippen molar-refractivity contribution in [3.8, 4) is 17.1 Å². The number of amides is 1. The van der Waals surface area contributed by atoms with Crippen LogP contribution in [0.2, 0.25) is 0 Å². The van der Waals surface area contributed by atoms with Gasteiger partial charge in [-0.15, -0.1) is 0 Å². The summed E-state index contributed by atoms with van der Waals surface area (Å²) in [5.41, 5.74) is 4.75. The Bertz CT molecular complexity index is 1140. The number of aromatic nitrogens is 3. The zero-order chi connectivity index (χ0) is 19.6. The van der Waals surface area contributed by atoms with Gasteiger partial charge in [-0.1, -0.05) is 6.07 Å². The van der Waals surface area contributed by atoms with E-state index in [-0.39, 0.29) is 5.91 Å². The fraction of sp³-hybridized carbons (Fsp3) is 0.167. The summed E-state index contributed by atoms with van der Waals surface area (Å²) in [4.78, 5) is 17.3. The van der Waals surface area contributed by atoms with E-state index in [1.54, 1.807) is 0 Å². The Morgan fingerprint density at radius 3 is 2.62 bits per heavy atom. The molecule has 0 radical (unpaired) electrons. The van der Waals surface area contributed by atoms with E-state index in [1.807, 2.05) is 83.8 Å². The van der Waals surface area contributed by atoms with E-state index in [2.05, 4.69) is 14.9 Å². The van der Waals surface area contributed by atoms with E-state index in [0.717, 1.165) is 35.7 Å². The zero-order valence-electron chi connectivity index (χ0n) is 16.1. The van der Waals surface area contributed by atoms with Gasteiger partial charge in [0.1, 0.15) is 5.82 Å². The van der Waals surface area contributed by atoms with E-state index in [1.165, 1.54) is 18.5 Å². The Morgan fingerprint density at radius 1 is 0.966 bits per heavy atom. The maximum absolute atomic E-state index is 12.7. The van der Waals surface area contributed by atoms with Crippen molar-refractivity contribution < 1.29 is 4.79 Å². The standard InChI is InChI=1S/C24H22N4O/c29-24(19-6-5-8-21(16-19)27-13-3-4-14-27)26-20-11-9-18(10-12-20)23-25-17-22-7-1-2-15-28(22)23/h3-6,8-14,16-17H,1-2,7,15H2,(H,26,29). The molecule has 0 saturated heterocycles. The summed E-state index contributed by atoms with van der Waals surface area (Å²) in [6.45, 7) is 1.03. The highest BCUT2D eigenvalue weighted by Gasteiger charge is 2.15. The van der Waals surface area contributed by atoms with Crippen LogP contribution in [0.4, 0.5) is 5.69 Å². The molecule has 5 heteroatoms. The van der Waals surface area contributed by atoms with E-state index in [4.69, 9.17) is 0 Å². The maximum atomic E-state index is 12.7. The van der Waals surface area contributed by atoms with E-state index in [0.29, 0.717) is 5.56 Å². The van der Waals surface area contributed by atoms with Gasteiger partial charge in [0.2, 0.25) is 0 Å². The van der Waals surface area contributed by atoms with Crippen LogP contribution in [0, 0.1) is 0 Å². The molecule has 0 saturated carbocycles. The predicted molar refractivity (Wildman–Crippen MR) is 114 cm³/mol. The SMILES string of the molecule is O=C(Nc1ccc(-c2ncc3n2CCCC3)cc1)c1cccc(-n2cccc2)c1. The van der Waals surface area contributed by atoms with Crippen molar-refractivity contribution >= 4 is 11.6 Å². The first-order chi connectivity index (χ1) is 14.3. The fourth-order valence-electron chi connectivity index (χ4n) is 3.89. The molecule has 2 aromatic carbocycles. The molecule has 0 atom stereocenters. The highest BCUT2D eigenvalue weighted by Crippen LogP contribution is 2.25. The normalized spacial score (nSPS) is 13.1. The quantitative estimate of drug-likeness (QED) is 0.544. The van der Waals surface area contributed by atoms with Crippen LogP contribution in [0.15, 0.2) is 79.3 Å². The minimum Gasteiger partial charge on any atom is -0.328 e. The Labute approximate surface area is 169 Å². The molecular formula is C24H22N4O. The van der Waals surface area contributed by atoms with Crippen molar-refractivity contribution in [1.82, 2.24) is 14.1 Å². The maximum Gasteiger partial charge on any atom is 0.255 e. The molecule has 144 valence electrons. The van der Waals surface area contributed by atoms with Crippen molar-refractivity contribution in [3.63, 3.8) is 0 Å². The summed E-state index contributed by atoms with van der Waals surface area (Å²) >= 11 is 0. The summed E-state index contributed by atoms with van der Waals surface area (Å²) < 4.78 is 4.29. The molecule has 0 spiro atoms. The first-order valence-electron chi connectivity index (χ1n) is 9.97. The van der Waals surface area contributed by atoms with Crippen LogP contribution in [-0.2, 0) is 13.0 Å². The third kappa shape index (κ3) is 3.47. The molecule has 0 unspecified atom stereocenters. The average molecular weight is 382 g/mol. The molecule has 1 amide bonds. The number of hydrogen-bond acceptors (Lipinski definition) is 2. The van der Waals surface area contributed by atoms with Crippen molar-refractivity contribution in [1.29, 1.82) is 0 Å². The molecule has 0 bridgehead atoms. The van der Waals surface area contributed by atoms with Gasteiger partial charge in [0.05, 0.1) is 0 Å². The largest absolute Gasteiger partial charge is 0.328 e. The van der Waals surface area contributed by atoms with Crippen LogP contribution in [0.5, 0.6) is 0 Å². The number of fused-ring (bicyclic) bond motifs is 1. The highest BCUT2D eigenvalue weighted by atomic mass is 16.1. The van der Waals surface area contributed by atoms with Gasteiger partial charge in [0.15, 0.2) is 0 Å². The Hall–Kier alpha value is -3.60. The Morgan fingerprint density at radius 2 is 1.79 bits per heavy atom. The van der Waals surface area contributed by atoms with Gasteiger partial charge < -0.3 is 14.5 Å². The lowest BCUT2D eigenvalue weighted by Gasteiger charge is -2.16. The van der Waals surface area contributed by atoms with Crippen molar-refractivity contribution in [2.75, 3.05) is 5.32 Å². The van der Waals surface area contributed by atoms with Crippen LogP contribution in [-0.4, -0.2) is 20.0 Å². The lowest BCUT2D eigenvalue weighted by atomic mass is 10.1. The lowest BCUT2D eigenvalue weighted by Crippen LogP contribution is -2.12. The summed E-state index contributed by atoms with van der Waals surface area (Å²) in [6.07, 6.45) is 9.45. The molecule has 0 aliphatic carbocycles. The Kier molecular flexibility index (Phi) is 4.48. The monoisotopic (exact) mass is 382 g/mol. The minimum absolute atomic E-state index is 0.120. The van der Waals surface area contributed by atoms with Crippen molar-refractivity contribution in [2.24, 2.45) is 0 Å². The zero-order valence-corrected chi connectivity index (χ0v) is 16.1. The topological polar surface area (TPSA) is 51.9 Å². The highest BCUT2D eigenvalue weighted by molar-refractivity contribution is 6.04. The van der Waals surface area contributed by atoms with Crippen molar-refractivity contribution in [2.45, 2.75) is 25.8 Å². The summed E-state index contributed by atoms with van der Waals surface area (Å²) in [5.74, 6) is 0.891. The number of nitrogens with one attached hydrogen (secondary N) is 1. The van der Waals surface area contributed by atoms with Gasteiger partial charge in [-0.25, -0.2) is 4.98 Å². The minimum atomic E-state index is -0.120. The fourth-order valence-corrected chi connectivity index (χ4v) is 3.89. The van der Waals surface area contributed by atoms with E-state index >= 15 is 0 Å². The van der Waals surface area contributed by atoms with Crippen LogP contribution in [0.3, 0.4) is 0 Å². The smallest absolute Gasteiger partial charge is 0.255 e. The molecule has 0 fully saturated rings. The molecule has 5 nitrogen and oxygen atoms in total. The first-order valence-corrected chi connectivity index (χ1v) is 9.97. The van der Waals surface area contributed by atoms with Gasteiger partial charge >= 0.3 is 0 Å². The third-order valence-electron chi connectivity index (χ3n) is 5.41.